The van der Waals surface area contributed by atoms with Gasteiger partial charge in [0.1, 0.15) is 5.69 Å². The monoisotopic (exact) mass is 367 g/mol. The zero-order valence-electron chi connectivity index (χ0n) is 14.8. The van der Waals surface area contributed by atoms with Crippen molar-refractivity contribution < 1.29 is 4.79 Å². The Bertz CT molecular complexity index is 1120. The number of fused-ring (bicyclic) bond motifs is 2. The van der Waals surface area contributed by atoms with E-state index in [1.807, 2.05) is 44.1 Å². The molecule has 0 spiro atoms. The van der Waals surface area contributed by atoms with Crippen molar-refractivity contribution in [2.24, 2.45) is 0 Å². The molecule has 5 nitrogen and oxygen atoms in total. The number of hydrogen-bond acceptors (Lipinski definition) is 4. The summed E-state index contributed by atoms with van der Waals surface area (Å²) in [6.45, 7) is 2.50. The van der Waals surface area contributed by atoms with Crippen molar-refractivity contribution in [1.82, 2.24) is 14.7 Å². The van der Waals surface area contributed by atoms with Crippen LogP contribution in [0.3, 0.4) is 0 Å². The number of nitrogens with zero attached hydrogens (tertiary/aromatic N) is 3. The summed E-state index contributed by atoms with van der Waals surface area (Å²) in [5, 5.41) is 6.01. The van der Waals surface area contributed by atoms with Crippen molar-refractivity contribution in [3.63, 3.8) is 0 Å². The van der Waals surface area contributed by atoms with Crippen LogP contribution in [0.5, 0.6) is 0 Å². The van der Waals surface area contributed by atoms with Crippen molar-refractivity contribution >= 4 is 28.2 Å². The zero-order chi connectivity index (χ0) is 18.6. The summed E-state index contributed by atoms with van der Waals surface area (Å²) in [5.74, 6) is -0.163. The summed E-state index contributed by atoms with van der Waals surface area (Å²) < 4.78 is 1.49. The normalized spacial score (nSPS) is 14.0. The molecule has 0 amide bonds. The fourth-order valence-electron chi connectivity index (χ4n) is 3.33. The smallest absolute Gasteiger partial charge is 0.274 e. The van der Waals surface area contributed by atoms with Gasteiger partial charge in [-0.3, -0.25) is 9.59 Å². The van der Waals surface area contributed by atoms with Crippen LogP contribution in [0.15, 0.2) is 41.2 Å². The van der Waals surface area contributed by atoms with Gasteiger partial charge in [-0.05, 0) is 33.2 Å². The fourth-order valence-corrected chi connectivity index (χ4v) is 3.57. The summed E-state index contributed by atoms with van der Waals surface area (Å²) in [4.78, 5) is 28.0. The highest BCUT2D eigenvalue weighted by molar-refractivity contribution is 6.39. The molecule has 0 fully saturated rings. The molecule has 1 aromatic heterocycles. The SMILES string of the molecule is CC(Cn1nc2c3c(c(Cl)ccc3c1=O)C(=O)c1ccccc1-2)N(C)C. The van der Waals surface area contributed by atoms with Crippen molar-refractivity contribution in [2.45, 2.75) is 19.5 Å². The first kappa shape index (κ1) is 16.9. The molecule has 2 aromatic carbocycles. The van der Waals surface area contributed by atoms with E-state index in [-0.39, 0.29) is 17.4 Å². The number of benzene rings is 2. The van der Waals surface area contributed by atoms with Crippen LogP contribution >= 0.6 is 11.6 Å². The van der Waals surface area contributed by atoms with Gasteiger partial charge >= 0.3 is 0 Å². The second-order valence-corrected chi connectivity index (χ2v) is 7.28. The summed E-state index contributed by atoms with van der Waals surface area (Å²) in [5.41, 5.74) is 2.10. The van der Waals surface area contributed by atoms with Gasteiger partial charge in [0.15, 0.2) is 5.78 Å². The first-order valence-corrected chi connectivity index (χ1v) is 8.81. The lowest BCUT2D eigenvalue weighted by Gasteiger charge is -2.23. The molecule has 0 N–H and O–H groups in total. The Morgan fingerprint density at radius 3 is 2.50 bits per heavy atom. The van der Waals surface area contributed by atoms with Gasteiger partial charge in [-0.25, -0.2) is 4.68 Å². The molecule has 1 atom stereocenters. The molecule has 0 saturated heterocycles. The molecule has 0 radical (unpaired) electrons. The Morgan fingerprint density at radius 2 is 1.81 bits per heavy atom. The lowest BCUT2D eigenvalue weighted by molar-refractivity contribution is 0.104. The lowest BCUT2D eigenvalue weighted by atomic mass is 9.86. The van der Waals surface area contributed by atoms with E-state index in [0.29, 0.717) is 39.2 Å². The van der Waals surface area contributed by atoms with E-state index in [1.54, 1.807) is 18.2 Å². The van der Waals surface area contributed by atoms with Crippen LogP contribution in [0.25, 0.3) is 22.0 Å². The second-order valence-electron chi connectivity index (χ2n) is 6.87. The Balaban J connectivity index is 2.09. The number of halogens is 1. The molecule has 0 aliphatic heterocycles. The summed E-state index contributed by atoms with van der Waals surface area (Å²) >= 11 is 6.32. The number of carbonyl (C=O) groups is 1. The van der Waals surface area contributed by atoms with Gasteiger partial charge < -0.3 is 4.90 Å². The predicted octanol–water partition coefficient (Wildman–Crippen LogP) is 3.21. The highest BCUT2D eigenvalue weighted by atomic mass is 35.5. The minimum absolute atomic E-state index is 0.136. The van der Waals surface area contributed by atoms with E-state index in [4.69, 9.17) is 11.6 Å². The van der Waals surface area contributed by atoms with Crippen molar-refractivity contribution in [3.8, 4) is 11.3 Å². The van der Waals surface area contributed by atoms with Crippen molar-refractivity contribution in [2.75, 3.05) is 14.1 Å². The molecule has 6 heteroatoms. The average molecular weight is 368 g/mol. The fraction of sp³-hybridized carbons (Fsp3) is 0.250. The highest BCUT2D eigenvalue weighted by Crippen LogP contribution is 2.39. The average Bonchev–Trinajstić information content (AvgIpc) is 2.62. The molecular formula is C20H18ClN3O2. The van der Waals surface area contributed by atoms with E-state index < -0.39 is 0 Å². The Hall–Kier alpha value is -2.50. The maximum absolute atomic E-state index is 13.0. The molecule has 0 bridgehead atoms. The largest absolute Gasteiger partial charge is 0.305 e. The number of rotatable bonds is 3. The van der Waals surface area contributed by atoms with Crippen LogP contribution in [0.1, 0.15) is 22.8 Å². The van der Waals surface area contributed by atoms with Crippen LogP contribution in [-0.4, -0.2) is 40.6 Å². The third-order valence-corrected chi connectivity index (χ3v) is 5.36. The van der Waals surface area contributed by atoms with E-state index in [0.717, 1.165) is 5.56 Å². The van der Waals surface area contributed by atoms with Gasteiger partial charge in [-0.1, -0.05) is 35.9 Å². The van der Waals surface area contributed by atoms with Crippen molar-refractivity contribution in [1.29, 1.82) is 0 Å². The number of aromatic nitrogens is 2. The molecule has 3 aromatic rings. The Labute approximate surface area is 155 Å². The Kier molecular flexibility index (Phi) is 3.93. The number of carbonyl (C=O) groups excluding carboxylic acids is 1. The van der Waals surface area contributed by atoms with Gasteiger partial charge in [0.2, 0.25) is 0 Å². The van der Waals surface area contributed by atoms with Crippen LogP contribution in [0.2, 0.25) is 5.02 Å². The molecule has 1 aliphatic rings. The molecular weight excluding hydrogens is 350 g/mol. The molecule has 132 valence electrons. The number of hydrogen-bond donors (Lipinski definition) is 0. The van der Waals surface area contributed by atoms with Crippen molar-refractivity contribution in [3.05, 3.63) is 62.9 Å². The quantitative estimate of drug-likeness (QED) is 0.558. The summed E-state index contributed by atoms with van der Waals surface area (Å²) in [7, 11) is 3.93. The molecule has 4 rings (SSSR count). The number of likely N-dealkylation sites (N-methyl/N-ethyl adjacent to an activating group) is 1. The first-order valence-electron chi connectivity index (χ1n) is 8.44. The third kappa shape index (κ3) is 2.39. The maximum Gasteiger partial charge on any atom is 0.274 e. The highest BCUT2D eigenvalue weighted by Gasteiger charge is 2.30. The molecule has 1 heterocycles. The summed E-state index contributed by atoms with van der Waals surface area (Å²) in [6, 6.07) is 10.8. The van der Waals surface area contributed by atoms with Crippen LogP contribution in [0.4, 0.5) is 0 Å². The molecule has 1 aliphatic carbocycles. The molecule has 0 saturated carbocycles. The zero-order valence-corrected chi connectivity index (χ0v) is 15.5. The van der Waals surface area contributed by atoms with Gasteiger partial charge in [0.05, 0.1) is 22.5 Å². The van der Waals surface area contributed by atoms with Gasteiger partial charge in [-0.2, -0.15) is 5.10 Å². The van der Waals surface area contributed by atoms with E-state index >= 15 is 0 Å². The van der Waals surface area contributed by atoms with E-state index in [9.17, 15) is 9.59 Å². The minimum atomic E-state index is -0.206. The lowest BCUT2D eigenvalue weighted by Crippen LogP contribution is -2.35. The van der Waals surface area contributed by atoms with E-state index in [1.165, 1.54) is 4.68 Å². The molecule has 26 heavy (non-hydrogen) atoms. The standard InChI is InChI=1S/C20H18ClN3O2/c1-11(23(2)3)10-24-20(26)14-8-9-15(21)17-16(14)18(22-24)12-6-4-5-7-13(12)19(17)25/h4-9,11H,10H2,1-3H3. The minimum Gasteiger partial charge on any atom is -0.305 e. The van der Waals surface area contributed by atoms with Gasteiger partial charge in [0, 0.05) is 22.6 Å². The van der Waals surface area contributed by atoms with Crippen LogP contribution in [0, 0.1) is 0 Å². The van der Waals surface area contributed by atoms with Gasteiger partial charge in [0.25, 0.3) is 5.56 Å². The van der Waals surface area contributed by atoms with Crippen LogP contribution in [-0.2, 0) is 6.54 Å². The first-order chi connectivity index (χ1) is 12.4. The predicted molar refractivity (Wildman–Crippen MR) is 103 cm³/mol. The van der Waals surface area contributed by atoms with Gasteiger partial charge in [-0.15, -0.1) is 0 Å². The molecule has 1 unspecified atom stereocenters. The Morgan fingerprint density at radius 1 is 1.12 bits per heavy atom. The summed E-state index contributed by atoms with van der Waals surface area (Å²) in [6.07, 6.45) is 0. The maximum atomic E-state index is 13.0. The third-order valence-electron chi connectivity index (χ3n) is 5.05. The van der Waals surface area contributed by atoms with E-state index in [2.05, 4.69) is 5.10 Å². The number of ketones is 1. The van der Waals surface area contributed by atoms with Crippen LogP contribution < -0.4 is 5.56 Å². The second kappa shape index (κ2) is 6.04. The topological polar surface area (TPSA) is 55.2 Å².